The van der Waals surface area contributed by atoms with Crippen molar-refractivity contribution in [2.45, 2.75) is 32.7 Å². The minimum atomic E-state index is 0.0221. The van der Waals surface area contributed by atoms with Gasteiger partial charge in [0.2, 0.25) is 0 Å². The average molecular weight is 286 g/mol. The Kier molecular flexibility index (Phi) is 5.15. The van der Waals surface area contributed by atoms with Gasteiger partial charge in [-0.2, -0.15) is 0 Å². The third-order valence-electron chi connectivity index (χ3n) is 3.65. The first-order valence-electron chi connectivity index (χ1n) is 6.55. The lowest BCUT2D eigenvalue weighted by atomic mass is 9.96. The summed E-state index contributed by atoms with van der Waals surface area (Å²) < 4.78 is 10.6. The van der Waals surface area contributed by atoms with Gasteiger partial charge in [0.05, 0.1) is 29.9 Å². The maximum absolute atomic E-state index is 9.37. The number of aromatic nitrogens is 1. The lowest BCUT2D eigenvalue weighted by molar-refractivity contribution is 0.0498. The number of anilines is 1. The van der Waals surface area contributed by atoms with Crippen LogP contribution in [0.2, 0.25) is 0 Å². The Morgan fingerprint density at radius 1 is 1.47 bits per heavy atom. The molecule has 19 heavy (non-hydrogen) atoms. The Morgan fingerprint density at radius 3 is 2.89 bits per heavy atom. The number of aliphatic hydroxyl groups is 1. The van der Waals surface area contributed by atoms with E-state index in [1.54, 1.807) is 25.6 Å². The molecule has 5 nitrogen and oxygen atoms in total. The van der Waals surface area contributed by atoms with E-state index in [0.29, 0.717) is 12.5 Å². The van der Waals surface area contributed by atoms with E-state index in [2.05, 4.69) is 16.8 Å². The van der Waals surface area contributed by atoms with Gasteiger partial charge < -0.3 is 19.5 Å². The van der Waals surface area contributed by atoms with E-state index in [9.17, 15) is 5.11 Å². The van der Waals surface area contributed by atoms with Crippen LogP contribution < -0.4 is 4.90 Å². The lowest BCUT2D eigenvalue weighted by Gasteiger charge is -2.36. The van der Waals surface area contributed by atoms with Gasteiger partial charge in [0.25, 0.3) is 0 Å². The van der Waals surface area contributed by atoms with Gasteiger partial charge >= 0.3 is 0 Å². The molecule has 2 unspecified atom stereocenters. The molecule has 0 aromatic carbocycles. The molecule has 0 aliphatic carbocycles. The van der Waals surface area contributed by atoms with Gasteiger partial charge in [0, 0.05) is 27.3 Å². The topological polar surface area (TPSA) is 54.8 Å². The molecule has 1 fully saturated rings. The van der Waals surface area contributed by atoms with Crippen LogP contribution >= 0.6 is 11.3 Å². The zero-order valence-corrected chi connectivity index (χ0v) is 12.6. The van der Waals surface area contributed by atoms with Gasteiger partial charge in [0.15, 0.2) is 5.13 Å². The molecule has 1 aromatic heterocycles. The molecule has 2 atom stereocenters. The van der Waals surface area contributed by atoms with Gasteiger partial charge in [-0.25, -0.2) is 4.98 Å². The van der Waals surface area contributed by atoms with Crippen LogP contribution in [0.5, 0.6) is 0 Å². The zero-order chi connectivity index (χ0) is 13.8. The Hall–Kier alpha value is -0.690. The predicted octanol–water partition coefficient (Wildman–Crippen LogP) is 1.64. The summed E-state index contributed by atoms with van der Waals surface area (Å²) in [5.41, 5.74) is 0.845. The number of thiazole rings is 1. The molecular weight excluding hydrogens is 264 g/mol. The molecule has 2 rings (SSSR count). The highest BCUT2D eigenvalue weighted by Gasteiger charge is 2.28. The summed E-state index contributed by atoms with van der Waals surface area (Å²) in [6, 6.07) is 0. The number of nitrogens with zero attached hydrogens (tertiary/aromatic N) is 2. The molecule has 0 bridgehead atoms. The first-order chi connectivity index (χ1) is 9.19. The van der Waals surface area contributed by atoms with Crippen molar-refractivity contribution in [3.63, 3.8) is 0 Å². The predicted molar refractivity (Wildman–Crippen MR) is 75.5 cm³/mol. The van der Waals surface area contributed by atoms with E-state index < -0.39 is 0 Å². The largest absolute Gasteiger partial charge is 0.391 e. The molecule has 1 saturated heterocycles. The van der Waals surface area contributed by atoms with E-state index in [-0.39, 0.29) is 12.7 Å². The van der Waals surface area contributed by atoms with Gasteiger partial charge in [-0.3, -0.25) is 0 Å². The molecule has 1 aliphatic rings. The summed E-state index contributed by atoms with van der Waals surface area (Å²) in [5, 5.41) is 10.3. The Morgan fingerprint density at radius 2 is 2.26 bits per heavy atom. The molecule has 1 N–H and O–H groups in total. The summed E-state index contributed by atoms with van der Waals surface area (Å²) in [6.45, 7) is 4.55. The van der Waals surface area contributed by atoms with Crippen molar-refractivity contribution in [2.24, 2.45) is 5.92 Å². The number of hydrogen-bond acceptors (Lipinski definition) is 6. The number of ether oxygens (including phenoxy) is 2. The highest BCUT2D eigenvalue weighted by atomic mass is 32.1. The molecule has 0 radical (unpaired) electrons. The average Bonchev–Trinajstić information content (AvgIpc) is 2.83. The monoisotopic (exact) mass is 286 g/mol. The van der Waals surface area contributed by atoms with Crippen molar-refractivity contribution < 1.29 is 14.6 Å². The van der Waals surface area contributed by atoms with E-state index in [0.717, 1.165) is 35.2 Å². The molecule has 108 valence electrons. The maximum atomic E-state index is 9.37. The second kappa shape index (κ2) is 6.65. The van der Waals surface area contributed by atoms with Crippen molar-refractivity contribution in [3.05, 3.63) is 10.6 Å². The molecule has 2 heterocycles. The SMILES string of the molecule is COCc1nc(N2CCC(C)C(OC)C2)sc1CO. The summed E-state index contributed by atoms with van der Waals surface area (Å²) in [6.07, 6.45) is 1.35. The number of rotatable bonds is 5. The third kappa shape index (κ3) is 3.25. The van der Waals surface area contributed by atoms with E-state index >= 15 is 0 Å². The Bertz CT molecular complexity index is 411. The number of piperidine rings is 1. The van der Waals surface area contributed by atoms with E-state index in [1.807, 2.05) is 0 Å². The number of aliphatic hydroxyl groups excluding tert-OH is 1. The minimum Gasteiger partial charge on any atom is -0.391 e. The van der Waals surface area contributed by atoms with Gasteiger partial charge in [-0.1, -0.05) is 18.3 Å². The van der Waals surface area contributed by atoms with Gasteiger partial charge in [-0.05, 0) is 12.3 Å². The lowest BCUT2D eigenvalue weighted by Crippen LogP contribution is -2.43. The third-order valence-corrected chi connectivity index (χ3v) is 4.80. The highest BCUT2D eigenvalue weighted by Crippen LogP contribution is 2.30. The molecule has 0 saturated carbocycles. The van der Waals surface area contributed by atoms with Crippen molar-refractivity contribution in [3.8, 4) is 0 Å². The van der Waals surface area contributed by atoms with Crippen molar-refractivity contribution in [2.75, 3.05) is 32.2 Å². The van der Waals surface area contributed by atoms with Crippen molar-refractivity contribution in [1.29, 1.82) is 0 Å². The standard InChI is InChI=1S/C13H22N2O3S/c1-9-4-5-15(6-11(9)18-3)13-14-10(8-17-2)12(7-16)19-13/h9,11,16H,4-8H2,1-3H3. The fraction of sp³-hybridized carbons (Fsp3) is 0.769. The van der Waals surface area contributed by atoms with E-state index in [4.69, 9.17) is 9.47 Å². The second-order valence-electron chi connectivity index (χ2n) is 4.94. The van der Waals surface area contributed by atoms with Gasteiger partial charge in [-0.15, -0.1) is 0 Å². The molecule has 0 spiro atoms. The van der Waals surface area contributed by atoms with E-state index in [1.165, 1.54) is 0 Å². The number of methoxy groups -OCH3 is 2. The molecular formula is C13H22N2O3S. The van der Waals surface area contributed by atoms with Crippen LogP contribution in [-0.2, 0) is 22.7 Å². The summed E-state index contributed by atoms with van der Waals surface area (Å²) in [5.74, 6) is 0.581. The van der Waals surface area contributed by atoms with Gasteiger partial charge in [0.1, 0.15) is 0 Å². The molecule has 6 heteroatoms. The minimum absolute atomic E-state index is 0.0221. The fourth-order valence-corrected chi connectivity index (χ4v) is 3.35. The van der Waals surface area contributed by atoms with Crippen LogP contribution in [0.25, 0.3) is 0 Å². The Labute approximate surface area is 118 Å². The molecule has 1 aromatic rings. The van der Waals surface area contributed by atoms with Crippen molar-refractivity contribution >= 4 is 16.5 Å². The van der Waals surface area contributed by atoms with Crippen LogP contribution in [0.4, 0.5) is 5.13 Å². The second-order valence-corrected chi connectivity index (χ2v) is 6.01. The molecule has 1 aliphatic heterocycles. The summed E-state index contributed by atoms with van der Waals surface area (Å²) in [4.78, 5) is 7.73. The van der Waals surface area contributed by atoms with Crippen molar-refractivity contribution in [1.82, 2.24) is 4.98 Å². The van der Waals surface area contributed by atoms with Crippen LogP contribution in [0.3, 0.4) is 0 Å². The first kappa shape index (κ1) is 14.7. The smallest absolute Gasteiger partial charge is 0.186 e. The van der Waals surface area contributed by atoms with Crippen LogP contribution in [-0.4, -0.2) is 43.5 Å². The normalized spacial score (nSPS) is 23.9. The zero-order valence-electron chi connectivity index (χ0n) is 11.8. The van der Waals surface area contributed by atoms with Crippen LogP contribution in [0, 0.1) is 5.92 Å². The van der Waals surface area contributed by atoms with Crippen LogP contribution in [0.1, 0.15) is 23.9 Å². The maximum Gasteiger partial charge on any atom is 0.186 e. The van der Waals surface area contributed by atoms with Crippen LogP contribution in [0.15, 0.2) is 0 Å². The summed E-state index contributed by atoms with van der Waals surface area (Å²) >= 11 is 1.55. The fourth-order valence-electron chi connectivity index (χ4n) is 2.39. The quantitative estimate of drug-likeness (QED) is 0.892. The number of hydrogen-bond donors (Lipinski definition) is 1. The first-order valence-corrected chi connectivity index (χ1v) is 7.37. The highest BCUT2D eigenvalue weighted by molar-refractivity contribution is 7.15. The molecule has 0 amide bonds. The summed E-state index contributed by atoms with van der Waals surface area (Å²) in [7, 11) is 3.41. The Balaban J connectivity index is 2.13.